The highest BCUT2D eigenvalue weighted by atomic mass is 16.4. The Balaban J connectivity index is 0. The van der Waals surface area contributed by atoms with E-state index in [9.17, 15) is 19.2 Å². The molecule has 0 unspecified atom stereocenters. The molecule has 21 heavy (non-hydrogen) atoms. The van der Waals surface area contributed by atoms with Crippen LogP contribution in [-0.2, 0) is 19.2 Å². The van der Waals surface area contributed by atoms with Crippen molar-refractivity contribution in [2.24, 2.45) is 0 Å². The summed E-state index contributed by atoms with van der Waals surface area (Å²) in [6.07, 6.45) is 1.97. The molecule has 8 nitrogen and oxygen atoms in total. The largest absolute Gasteiger partial charge is 0.481 e. The second-order valence-electron chi connectivity index (χ2n) is 3.71. The van der Waals surface area contributed by atoms with Crippen LogP contribution in [0.15, 0.2) is 36.7 Å². The van der Waals surface area contributed by atoms with Crippen molar-refractivity contribution in [1.82, 2.24) is 4.90 Å². The van der Waals surface area contributed by atoms with Gasteiger partial charge in [-0.1, -0.05) is 13.2 Å². The normalized spacial score (nSPS) is 9.71. The Bertz CT molecular complexity index is 491. The number of nitrogens with zero attached hydrogens (tertiary/aromatic N) is 1. The van der Waals surface area contributed by atoms with Crippen LogP contribution in [0.2, 0.25) is 0 Å². The maximum Gasteiger partial charge on any atom is 0.332 e. The lowest BCUT2D eigenvalue weighted by molar-refractivity contribution is -0.139. The highest BCUT2D eigenvalue weighted by Crippen LogP contribution is 1.98. The summed E-state index contributed by atoms with van der Waals surface area (Å²) < 4.78 is 0. The third-order valence-corrected chi connectivity index (χ3v) is 1.90. The third-order valence-electron chi connectivity index (χ3n) is 1.90. The molecule has 0 aliphatic heterocycles. The van der Waals surface area contributed by atoms with Gasteiger partial charge in [-0.3, -0.25) is 14.5 Å². The maximum absolute atomic E-state index is 10.8. The van der Waals surface area contributed by atoms with Crippen molar-refractivity contribution in [2.75, 3.05) is 0 Å². The van der Waals surface area contributed by atoms with Crippen LogP contribution < -0.4 is 0 Å². The van der Waals surface area contributed by atoms with Crippen LogP contribution in [0.4, 0.5) is 0 Å². The summed E-state index contributed by atoms with van der Waals surface area (Å²) in [7, 11) is 0. The Kier molecular flexibility index (Phi) is 9.68. The van der Waals surface area contributed by atoms with E-state index in [2.05, 4.69) is 13.2 Å². The van der Waals surface area contributed by atoms with E-state index in [0.29, 0.717) is 0 Å². The average molecular weight is 299 g/mol. The Morgan fingerprint density at radius 2 is 1.52 bits per heavy atom. The minimum Gasteiger partial charge on any atom is -0.481 e. The van der Waals surface area contributed by atoms with E-state index in [-0.39, 0.29) is 17.1 Å². The fourth-order valence-corrected chi connectivity index (χ4v) is 0.794. The van der Waals surface area contributed by atoms with Gasteiger partial charge in [0, 0.05) is 24.9 Å². The van der Waals surface area contributed by atoms with Crippen molar-refractivity contribution in [3.05, 3.63) is 36.7 Å². The molecule has 0 fully saturated rings. The second-order valence-corrected chi connectivity index (χ2v) is 3.71. The van der Waals surface area contributed by atoms with Gasteiger partial charge in [0.1, 0.15) is 0 Å². The van der Waals surface area contributed by atoms with E-state index in [1.165, 1.54) is 26.2 Å². The quantitative estimate of drug-likeness (QED) is 0.625. The minimum atomic E-state index is -1.27. The molecule has 0 radical (unpaired) electrons. The fourth-order valence-electron chi connectivity index (χ4n) is 0.794. The zero-order chi connectivity index (χ0) is 17.2. The Hall–Kier alpha value is -2.90. The van der Waals surface area contributed by atoms with E-state index in [0.717, 1.165) is 4.90 Å². The molecule has 116 valence electrons. The molecular weight excluding hydrogens is 282 g/mol. The van der Waals surface area contributed by atoms with Crippen molar-refractivity contribution in [3.8, 4) is 0 Å². The predicted octanol–water partition coefficient (Wildman–Crippen LogP) is 1.07. The topological polar surface area (TPSA) is 132 Å². The molecule has 0 aromatic heterocycles. The van der Waals surface area contributed by atoms with E-state index >= 15 is 0 Å². The predicted molar refractivity (Wildman–Crippen MR) is 73.1 cm³/mol. The van der Waals surface area contributed by atoms with E-state index in [1.807, 2.05) is 0 Å². The lowest BCUT2D eigenvalue weighted by Crippen LogP contribution is -2.17. The van der Waals surface area contributed by atoms with Crippen LogP contribution in [0, 0.1) is 0 Å². The monoisotopic (exact) mass is 299 g/mol. The van der Waals surface area contributed by atoms with Gasteiger partial charge in [-0.25, -0.2) is 9.59 Å². The first-order valence-electron chi connectivity index (χ1n) is 5.48. The maximum atomic E-state index is 10.8. The molecule has 0 rings (SSSR count). The van der Waals surface area contributed by atoms with Crippen LogP contribution in [0.3, 0.4) is 0 Å². The highest BCUT2D eigenvalue weighted by Gasteiger charge is 2.07. The molecule has 0 aliphatic carbocycles. The minimum absolute atomic E-state index is 0.0881. The molecule has 0 spiro atoms. The molecule has 0 aliphatic rings. The standard InChI is InChI=1S/C8H11NO3.C5H6O4/c1-4-9(7(3)10)5-6(2)8(11)12;1-3(5(8)9)2-4(6)7/h4-5H,1H2,2-3H3,(H,11,12);1-2H2,(H,6,7)(H,8,9). The number of amides is 1. The smallest absolute Gasteiger partial charge is 0.332 e. The molecule has 0 heterocycles. The number of carbonyl (C=O) groups excluding carboxylic acids is 1. The number of carboxylic acid groups (broad SMARTS) is 3. The van der Waals surface area contributed by atoms with E-state index in [4.69, 9.17) is 15.3 Å². The van der Waals surface area contributed by atoms with Gasteiger partial charge < -0.3 is 15.3 Å². The summed E-state index contributed by atoms with van der Waals surface area (Å²) >= 11 is 0. The second kappa shape index (κ2) is 9.96. The SMILES string of the molecule is C=C(CC(=O)O)C(=O)O.C=CN(C=C(C)C(=O)O)C(C)=O. The first-order chi connectivity index (χ1) is 9.52. The number of carboxylic acids is 3. The number of aliphatic carboxylic acids is 3. The number of rotatable bonds is 6. The van der Waals surface area contributed by atoms with Crippen molar-refractivity contribution >= 4 is 23.8 Å². The van der Waals surface area contributed by atoms with E-state index < -0.39 is 24.3 Å². The van der Waals surface area contributed by atoms with Crippen molar-refractivity contribution in [1.29, 1.82) is 0 Å². The molecule has 0 aromatic carbocycles. The van der Waals surface area contributed by atoms with Gasteiger partial charge in [0.25, 0.3) is 0 Å². The lowest BCUT2D eigenvalue weighted by Gasteiger charge is -2.09. The number of hydrogen-bond donors (Lipinski definition) is 3. The molecular formula is C13H17NO7. The Morgan fingerprint density at radius 3 is 1.71 bits per heavy atom. The van der Waals surface area contributed by atoms with Gasteiger partial charge >= 0.3 is 17.9 Å². The molecule has 0 saturated heterocycles. The summed E-state index contributed by atoms with van der Waals surface area (Å²) in [5.74, 6) is -3.77. The number of carbonyl (C=O) groups is 4. The van der Waals surface area contributed by atoms with Crippen molar-refractivity contribution < 1.29 is 34.5 Å². The van der Waals surface area contributed by atoms with E-state index in [1.54, 1.807) is 0 Å². The summed E-state index contributed by atoms with van der Waals surface area (Å²) in [5, 5.41) is 24.5. The molecule has 0 atom stereocenters. The van der Waals surface area contributed by atoms with Crippen LogP contribution >= 0.6 is 0 Å². The summed E-state index contributed by atoms with van der Waals surface area (Å²) in [6, 6.07) is 0. The first kappa shape index (κ1) is 20.4. The lowest BCUT2D eigenvalue weighted by atomic mass is 10.2. The van der Waals surface area contributed by atoms with Gasteiger partial charge in [0.05, 0.1) is 12.0 Å². The zero-order valence-corrected chi connectivity index (χ0v) is 11.7. The molecule has 0 aromatic rings. The molecule has 0 bridgehead atoms. The average Bonchev–Trinajstić information content (AvgIpc) is 2.34. The third kappa shape index (κ3) is 10.7. The Morgan fingerprint density at radius 1 is 1.05 bits per heavy atom. The van der Waals surface area contributed by atoms with Crippen molar-refractivity contribution in [2.45, 2.75) is 20.3 Å². The highest BCUT2D eigenvalue weighted by molar-refractivity contribution is 5.91. The number of hydrogen-bond acceptors (Lipinski definition) is 4. The first-order valence-corrected chi connectivity index (χ1v) is 5.48. The van der Waals surface area contributed by atoms with Crippen LogP contribution in [-0.4, -0.2) is 44.0 Å². The van der Waals surface area contributed by atoms with Gasteiger partial charge in [-0.2, -0.15) is 0 Å². The van der Waals surface area contributed by atoms with Gasteiger partial charge in [-0.15, -0.1) is 0 Å². The van der Waals surface area contributed by atoms with Crippen LogP contribution in [0.5, 0.6) is 0 Å². The molecule has 0 saturated carbocycles. The van der Waals surface area contributed by atoms with Crippen LogP contribution in [0.1, 0.15) is 20.3 Å². The Labute approximate surface area is 121 Å². The molecule has 3 N–H and O–H groups in total. The molecule has 8 heteroatoms. The van der Waals surface area contributed by atoms with Gasteiger partial charge in [-0.05, 0) is 6.92 Å². The summed E-state index contributed by atoms with van der Waals surface area (Å²) in [5.41, 5.74) is -0.215. The van der Waals surface area contributed by atoms with Crippen LogP contribution in [0.25, 0.3) is 0 Å². The van der Waals surface area contributed by atoms with Gasteiger partial charge in [0.2, 0.25) is 5.91 Å². The zero-order valence-electron chi connectivity index (χ0n) is 11.7. The van der Waals surface area contributed by atoms with Gasteiger partial charge in [0.15, 0.2) is 0 Å². The summed E-state index contributed by atoms with van der Waals surface area (Å²) in [6.45, 7) is 9.11. The fraction of sp³-hybridized carbons (Fsp3) is 0.231. The molecule has 1 amide bonds. The summed E-state index contributed by atoms with van der Waals surface area (Å²) in [4.78, 5) is 41.9. The van der Waals surface area contributed by atoms with Crippen molar-refractivity contribution in [3.63, 3.8) is 0 Å².